The molecule has 0 aliphatic heterocycles. The molecule has 3 unspecified atom stereocenters. The first-order valence-corrected chi connectivity index (χ1v) is 5.74. The molecule has 14 heavy (non-hydrogen) atoms. The molecule has 3 nitrogen and oxygen atoms in total. The van der Waals surface area contributed by atoms with E-state index in [1.807, 2.05) is 0 Å². The zero-order chi connectivity index (χ0) is 10.6. The van der Waals surface area contributed by atoms with Crippen LogP contribution in [0.2, 0.25) is 0 Å². The average Bonchev–Trinajstić information content (AvgIpc) is 2.01. The highest BCUT2D eigenvalue weighted by Crippen LogP contribution is 2.17. The first kappa shape index (κ1) is 12.0. The van der Waals surface area contributed by atoms with Crippen molar-refractivity contribution in [3.8, 4) is 0 Å². The predicted molar refractivity (Wildman–Crippen MR) is 61.4 cm³/mol. The highest BCUT2D eigenvalue weighted by Gasteiger charge is 2.20. The quantitative estimate of drug-likeness (QED) is 0.703. The molecule has 0 aromatic heterocycles. The molecule has 0 saturated heterocycles. The van der Waals surface area contributed by atoms with Crippen molar-refractivity contribution in [3.05, 3.63) is 0 Å². The molecule has 1 saturated carbocycles. The SMILES string of the molecule is CC(CN(C)C)NC1CCCC(N)C1. The Morgan fingerprint density at radius 1 is 1.43 bits per heavy atom. The van der Waals surface area contributed by atoms with E-state index in [2.05, 4.69) is 31.2 Å². The Labute approximate surface area is 88.0 Å². The van der Waals surface area contributed by atoms with E-state index >= 15 is 0 Å². The van der Waals surface area contributed by atoms with Crippen LogP contribution in [-0.4, -0.2) is 43.7 Å². The second-order valence-corrected chi connectivity index (χ2v) is 4.95. The number of likely N-dealkylation sites (N-methyl/N-ethyl adjacent to an activating group) is 1. The van der Waals surface area contributed by atoms with Gasteiger partial charge in [0.15, 0.2) is 0 Å². The smallest absolute Gasteiger partial charge is 0.0169 e. The van der Waals surface area contributed by atoms with Gasteiger partial charge in [-0.1, -0.05) is 6.42 Å². The van der Waals surface area contributed by atoms with Gasteiger partial charge in [-0.25, -0.2) is 0 Å². The van der Waals surface area contributed by atoms with Crippen molar-refractivity contribution in [2.75, 3.05) is 20.6 Å². The first-order valence-electron chi connectivity index (χ1n) is 5.74. The fourth-order valence-electron chi connectivity index (χ4n) is 2.38. The van der Waals surface area contributed by atoms with Crippen molar-refractivity contribution in [1.29, 1.82) is 0 Å². The zero-order valence-corrected chi connectivity index (χ0v) is 9.79. The van der Waals surface area contributed by atoms with Gasteiger partial charge in [0.1, 0.15) is 0 Å². The number of rotatable bonds is 4. The van der Waals surface area contributed by atoms with E-state index in [1.54, 1.807) is 0 Å². The minimum atomic E-state index is 0.424. The monoisotopic (exact) mass is 199 g/mol. The van der Waals surface area contributed by atoms with Crippen molar-refractivity contribution < 1.29 is 0 Å². The van der Waals surface area contributed by atoms with E-state index in [0.717, 1.165) is 13.0 Å². The molecular formula is C11H25N3. The summed E-state index contributed by atoms with van der Waals surface area (Å²) in [5, 5.41) is 3.66. The van der Waals surface area contributed by atoms with E-state index in [0.29, 0.717) is 18.1 Å². The van der Waals surface area contributed by atoms with Crippen LogP contribution >= 0.6 is 0 Å². The molecule has 0 bridgehead atoms. The Hall–Kier alpha value is -0.120. The van der Waals surface area contributed by atoms with Crippen LogP contribution < -0.4 is 11.1 Å². The maximum absolute atomic E-state index is 5.95. The maximum Gasteiger partial charge on any atom is 0.0169 e. The van der Waals surface area contributed by atoms with Gasteiger partial charge in [0.25, 0.3) is 0 Å². The molecule has 3 N–H and O–H groups in total. The molecule has 0 heterocycles. The van der Waals surface area contributed by atoms with Crippen LogP contribution in [-0.2, 0) is 0 Å². The molecule has 0 radical (unpaired) electrons. The van der Waals surface area contributed by atoms with E-state index in [4.69, 9.17) is 5.73 Å². The lowest BCUT2D eigenvalue weighted by Crippen LogP contribution is -2.46. The second-order valence-electron chi connectivity index (χ2n) is 4.95. The number of nitrogens with two attached hydrogens (primary N) is 1. The molecule has 3 atom stereocenters. The van der Waals surface area contributed by atoms with Gasteiger partial charge in [-0.3, -0.25) is 0 Å². The summed E-state index contributed by atoms with van der Waals surface area (Å²) in [6.45, 7) is 3.35. The Morgan fingerprint density at radius 3 is 2.71 bits per heavy atom. The number of nitrogens with zero attached hydrogens (tertiary/aromatic N) is 1. The van der Waals surface area contributed by atoms with Crippen molar-refractivity contribution in [2.24, 2.45) is 5.73 Å². The summed E-state index contributed by atoms with van der Waals surface area (Å²) in [7, 11) is 4.23. The molecule has 0 aromatic carbocycles. The Balaban J connectivity index is 2.21. The summed E-state index contributed by atoms with van der Waals surface area (Å²) >= 11 is 0. The first-order chi connectivity index (χ1) is 6.58. The Kier molecular flexibility index (Phi) is 4.85. The van der Waals surface area contributed by atoms with Crippen LogP contribution in [0.15, 0.2) is 0 Å². The third-order valence-electron chi connectivity index (χ3n) is 2.87. The summed E-state index contributed by atoms with van der Waals surface area (Å²) in [6, 6.07) is 1.64. The van der Waals surface area contributed by atoms with Crippen molar-refractivity contribution in [3.63, 3.8) is 0 Å². The molecule has 1 rings (SSSR count). The fraction of sp³-hybridized carbons (Fsp3) is 1.00. The number of nitrogens with one attached hydrogen (secondary N) is 1. The Bertz CT molecular complexity index is 159. The third kappa shape index (κ3) is 4.40. The van der Waals surface area contributed by atoms with Crippen LogP contribution in [0.3, 0.4) is 0 Å². The number of hydrogen-bond acceptors (Lipinski definition) is 3. The Morgan fingerprint density at radius 2 is 2.14 bits per heavy atom. The molecule has 1 aliphatic carbocycles. The largest absolute Gasteiger partial charge is 0.328 e. The summed E-state index contributed by atoms with van der Waals surface area (Å²) in [5.41, 5.74) is 5.95. The normalized spacial score (nSPS) is 30.6. The highest BCUT2D eigenvalue weighted by molar-refractivity contribution is 4.82. The summed E-state index contributed by atoms with van der Waals surface area (Å²) in [5.74, 6) is 0. The van der Waals surface area contributed by atoms with E-state index in [9.17, 15) is 0 Å². The molecule has 0 aromatic rings. The van der Waals surface area contributed by atoms with Crippen LogP contribution in [0, 0.1) is 0 Å². The van der Waals surface area contributed by atoms with Crippen molar-refractivity contribution >= 4 is 0 Å². The van der Waals surface area contributed by atoms with Gasteiger partial charge in [0.2, 0.25) is 0 Å². The highest BCUT2D eigenvalue weighted by atomic mass is 15.1. The lowest BCUT2D eigenvalue weighted by molar-refractivity contribution is 0.281. The van der Waals surface area contributed by atoms with Gasteiger partial charge >= 0.3 is 0 Å². The lowest BCUT2D eigenvalue weighted by atomic mass is 9.91. The summed E-state index contributed by atoms with van der Waals surface area (Å²) < 4.78 is 0. The lowest BCUT2D eigenvalue weighted by Gasteiger charge is -2.31. The van der Waals surface area contributed by atoms with Gasteiger partial charge < -0.3 is 16.0 Å². The standard InChI is InChI=1S/C11H25N3/c1-9(8-14(2)3)13-11-6-4-5-10(12)7-11/h9-11,13H,4-8,12H2,1-3H3. The average molecular weight is 199 g/mol. The molecule has 1 fully saturated rings. The van der Waals surface area contributed by atoms with Crippen molar-refractivity contribution in [2.45, 2.75) is 50.7 Å². The van der Waals surface area contributed by atoms with Gasteiger partial charge in [-0.2, -0.15) is 0 Å². The van der Waals surface area contributed by atoms with Crippen molar-refractivity contribution in [1.82, 2.24) is 10.2 Å². The molecule has 0 amide bonds. The topological polar surface area (TPSA) is 41.3 Å². The van der Waals surface area contributed by atoms with E-state index in [-0.39, 0.29) is 0 Å². The predicted octanol–water partition coefficient (Wildman–Crippen LogP) is 0.796. The fourth-order valence-corrected chi connectivity index (χ4v) is 2.38. The minimum absolute atomic E-state index is 0.424. The molecule has 0 spiro atoms. The van der Waals surface area contributed by atoms with E-state index < -0.39 is 0 Å². The molecule has 84 valence electrons. The van der Waals surface area contributed by atoms with Crippen LogP contribution in [0.25, 0.3) is 0 Å². The maximum atomic E-state index is 5.95. The van der Waals surface area contributed by atoms with Crippen LogP contribution in [0.5, 0.6) is 0 Å². The van der Waals surface area contributed by atoms with Gasteiger partial charge in [0, 0.05) is 24.7 Å². The third-order valence-corrected chi connectivity index (χ3v) is 2.87. The number of hydrogen-bond donors (Lipinski definition) is 2. The van der Waals surface area contributed by atoms with Crippen LogP contribution in [0.1, 0.15) is 32.6 Å². The second kappa shape index (κ2) is 5.69. The van der Waals surface area contributed by atoms with E-state index in [1.165, 1.54) is 19.3 Å². The molecular weight excluding hydrogens is 174 g/mol. The molecule has 3 heteroatoms. The summed E-state index contributed by atoms with van der Waals surface area (Å²) in [6.07, 6.45) is 4.94. The van der Waals surface area contributed by atoms with Gasteiger partial charge in [0.05, 0.1) is 0 Å². The summed E-state index contributed by atoms with van der Waals surface area (Å²) in [4.78, 5) is 2.22. The van der Waals surface area contributed by atoms with Crippen LogP contribution in [0.4, 0.5) is 0 Å². The van der Waals surface area contributed by atoms with Gasteiger partial charge in [-0.15, -0.1) is 0 Å². The minimum Gasteiger partial charge on any atom is -0.328 e. The molecule has 1 aliphatic rings. The zero-order valence-electron chi connectivity index (χ0n) is 9.79. The van der Waals surface area contributed by atoms with Gasteiger partial charge in [-0.05, 0) is 40.3 Å².